The van der Waals surface area contributed by atoms with E-state index in [-0.39, 0.29) is 0 Å². The number of pyridine rings is 1. The van der Waals surface area contributed by atoms with Crippen LogP contribution in [0.25, 0.3) is 11.4 Å². The monoisotopic (exact) mass is 287 g/mol. The summed E-state index contributed by atoms with van der Waals surface area (Å²) in [7, 11) is 1.88. The van der Waals surface area contributed by atoms with Gasteiger partial charge in [0, 0.05) is 36.1 Å². The van der Waals surface area contributed by atoms with Crippen molar-refractivity contribution in [2.24, 2.45) is 7.05 Å². The molecule has 3 aromatic rings. The first-order valence-corrected chi connectivity index (χ1v) is 6.78. The Morgan fingerprint density at radius 1 is 1.00 bits per heavy atom. The molecule has 4 heteroatoms. The summed E-state index contributed by atoms with van der Waals surface area (Å²) in [5, 5.41) is 4.13. The standard InChI is InChI=1S/C18H13N3O/c1-21-18(10-11-20-21)17-9-8-15(12-19-17)5-2-14-3-6-16(13-22)7-4-14/h3-4,6-13H,1H3. The van der Waals surface area contributed by atoms with Crippen LogP contribution in [0.1, 0.15) is 21.5 Å². The second-order valence-electron chi connectivity index (χ2n) is 4.76. The minimum absolute atomic E-state index is 0.646. The summed E-state index contributed by atoms with van der Waals surface area (Å²) in [4.78, 5) is 15.0. The summed E-state index contributed by atoms with van der Waals surface area (Å²) in [6.07, 6.45) is 4.31. The Morgan fingerprint density at radius 2 is 1.73 bits per heavy atom. The van der Waals surface area contributed by atoms with Crippen molar-refractivity contribution in [3.8, 4) is 23.2 Å². The zero-order valence-electron chi connectivity index (χ0n) is 12.0. The number of rotatable bonds is 2. The van der Waals surface area contributed by atoms with Gasteiger partial charge in [-0.1, -0.05) is 24.0 Å². The van der Waals surface area contributed by atoms with E-state index in [1.807, 2.05) is 37.4 Å². The van der Waals surface area contributed by atoms with E-state index in [0.29, 0.717) is 5.56 Å². The van der Waals surface area contributed by atoms with Gasteiger partial charge in [-0.15, -0.1) is 0 Å². The highest BCUT2D eigenvalue weighted by molar-refractivity contribution is 5.74. The van der Waals surface area contributed by atoms with E-state index >= 15 is 0 Å². The van der Waals surface area contributed by atoms with E-state index < -0.39 is 0 Å². The third kappa shape index (κ3) is 2.94. The largest absolute Gasteiger partial charge is 0.298 e. The number of aldehydes is 1. The molecule has 1 aromatic carbocycles. The summed E-state index contributed by atoms with van der Waals surface area (Å²) in [5.74, 6) is 6.12. The van der Waals surface area contributed by atoms with Crippen molar-refractivity contribution in [2.45, 2.75) is 0 Å². The number of carbonyl (C=O) groups is 1. The van der Waals surface area contributed by atoms with Gasteiger partial charge in [0.15, 0.2) is 0 Å². The van der Waals surface area contributed by atoms with Crippen LogP contribution in [0.3, 0.4) is 0 Å². The second-order valence-corrected chi connectivity index (χ2v) is 4.76. The molecule has 0 fully saturated rings. The number of nitrogens with zero attached hydrogens (tertiary/aromatic N) is 3. The Labute approximate surface area is 128 Å². The molecule has 0 aliphatic carbocycles. The van der Waals surface area contributed by atoms with Crippen molar-refractivity contribution < 1.29 is 4.79 Å². The van der Waals surface area contributed by atoms with Gasteiger partial charge in [-0.25, -0.2) is 0 Å². The summed E-state index contributed by atoms with van der Waals surface area (Å²) < 4.78 is 1.78. The van der Waals surface area contributed by atoms with Gasteiger partial charge in [0.05, 0.1) is 11.4 Å². The van der Waals surface area contributed by atoms with Gasteiger partial charge in [0.2, 0.25) is 0 Å². The van der Waals surface area contributed by atoms with Crippen molar-refractivity contribution in [1.29, 1.82) is 0 Å². The molecule has 4 nitrogen and oxygen atoms in total. The van der Waals surface area contributed by atoms with Crippen LogP contribution >= 0.6 is 0 Å². The molecule has 0 N–H and O–H groups in total. The predicted molar refractivity (Wildman–Crippen MR) is 84.2 cm³/mol. The summed E-state index contributed by atoms with van der Waals surface area (Å²) in [5.41, 5.74) is 4.17. The zero-order chi connectivity index (χ0) is 15.4. The predicted octanol–water partition coefficient (Wildman–Crippen LogP) is 2.69. The Hall–Kier alpha value is -3.19. The minimum Gasteiger partial charge on any atom is -0.298 e. The Kier molecular flexibility index (Phi) is 3.80. The molecule has 0 atom stereocenters. The molecule has 2 heterocycles. The van der Waals surface area contributed by atoms with Gasteiger partial charge in [-0.05, 0) is 30.3 Å². The molecule has 3 rings (SSSR count). The van der Waals surface area contributed by atoms with Crippen LogP contribution in [0.5, 0.6) is 0 Å². The van der Waals surface area contributed by atoms with E-state index in [4.69, 9.17) is 0 Å². The highest BCUT2D eigenvalue weighted by Crippen LogP contribution is 2.15. The normalized spacial score (nSPS) is 9.86. The van der Waals surface area contributed by atoms with Gasteiger partial charge in [-0.2, -0.15) is 5.10 Å². The fraction of sp³-hybridized carbons (Fsp3) is 0.0556. The van der Waals surface area contributed by atoms with Gasteiger partial charge < -0.3 is 0 Å². The summed E-state index contributed by atoms with van der Waals surface area (Å²) in [6, 6.07) is 12.9. The van der Waals surface area contributed by atoms with Crippen molar-refractivity contribution >= 4 is 6.29 Å². The first kappa shape index (κ1) is 13.8. The number of hydrogen-bond donors (Lipinski definition) is 0. The van der Waals surface area contributed by atoms with Crippen LogP contribution in [-0.4, -0.2) is 21.1 Å². The minimum atomic E-state index is 0.646. The maximum absolute atomic E-state index is 10.6. The molecule has 0 aliphatic heterocycles. The lowest BCUT2D eigenvalue weighted by Crippen LogP contribution is -1.95. The fourth-order valence-electron chi connectivity index (χ4n) is 2.03. The lowest BCUT2D eigenvalue weighted by atomic mass is 10.1. The summed E-state index contributed by atoms with van der Waals surface area (Å²) in [6.45, 7) is 0. The molecule has 22 heavy (non-hydrogen) atoms. The molecule has 0 unspecified atom stereocenters. The average molecular weight is 287 g/mol. The maximum atomic E-state index is 10.6. The maximum Gasteiger partial charge on any atom is 0.150 e. The molecule has 0 radical (unpaired) electrons. The van der Waals surface area contributed by atoms with Gasteiger partial charge in [0.1, 0.15) is 6.29 Å². The number of benzene rings is 1. The number of hydrogen-bond acceptors (Lipinski definition) is 3. The first-order valence-electron chi connectivity index (χ1n) is 6.78. The number of aromatic nitrogens is 3. The molecule has 0 amide bonds. The summed E-state index contributed by atoms with van der Waals surface area (Å²) >= 11 is 0. The van der Waals surface area contributed by atoms with Crippen LogP contribution < -0.4 is 0 Å². The second kappa shape index (κ2) is 6.06. The number of aryl methyl sites for hydroxylation is 1. The van der Waals surface area contributed by atoms with Crippen LogP contribution in [0.4, 0.5) is 0 Å². The molecule has 0 bridgehead atoms. The van der Waals surface area contributed by atoms with Crippen LogP contribution in [-0.2, 0) is 7.05 Å². The van der Waals surface area contributed by atoms with Gasteiger partial charge >= 0.3 is 0 Å². The molecule has 0 saturated carbocycles. The lowest BCUT2D eigenvalue weighted by Gasteiger charge is -2.00. The van der Waals surface area contributed by atoms with Crippen molar-refractivity contribution in [2.75, 3.05) is 0 Å². The number of carbonyl (C=O) groups excluding carboxylic acids is 1. The highest BCUT2D eigenvalue weighted by Gasteiger charge is 2.02. The quantitative estimate of drug-likeness (QED) is 0.538. The van der Waals surface area contributed by atoms with Crippen molar-refractivity contribution in [3.05, 3.63) is 71.5 Å². The molecular weight excluding hydrogens is 274 g/mol. The van der Waals surface area contributed by atoms with Crippen LogP contribution in [0.2, 0.25) is 0 Å². The third-order valence-corrected chi connectivity index (χ3v) is 3.24. The molecular formula is C18H13N3O. The lowest BCUT2D eigenvalue weighted by molar-refractivity contribution is 0.112. The van der Waals surface area contributed by atoms with E-state index in [9.17, 15) is 4.79 Å². The molecule has 0 saturated heterocycles. The Balaban J connectivity index is 1.80. The van der Waals surface area contributed by atoms with Crippen molar-refractivity contribution in [3.63, 3.8) is 0 Å². The van der Waals surface area contributed by atoms with Crippen molar-refractivity contribution in [1.82, 2.24) is 14.8 Å². The highest BCUT2D eigenvalue weighted by atomic mass is 16.1. The fourth-order valence-corrected chi connectivity index (χ4v) is 2.03. The smallest absolute Gasteiger partial charge is 0.150 e. The van der Waals surface area contributed by atoms with Crippen LogP contribution in [0, 0.1) is 11.8 Å². The van der Waals surface area contributed by atoms with Gasteiger partial charge in [0.25, 0.3) is 0 Å². The topological polar surface area (TPSA) is 47.8 Å². The van der Waals surface area contributed by atoms with E-state index in [1.165, 1.54) is 0 Å². The van der Waals surface area contributed by atoms with E-state index in [0.717, 1.165) is 28.8 Å². The SMILES string of the molecule is Cn1nccc1-c1ccc(C#Cc2ccc(C=O)cc2)cn1. The Morgan fingerprint density at radius 3 is 2.32 bits per heavy atom. The average Bonchev–Trinajstić information content (AvgIpc) is 3.00. The molecule has 106 valence electrons. The molecule has 0 spiro atoms. The zero-order valence-corrected chi connectivity index (χ0v) is 12.0. The van der Waals surface area contributed by atoms with E-state index in [2.05, 4.69) is 21.9 Å². The van der Waals surface area contributed by atoms with Crippen LogP contribution in [0.15, 0.2) is 54.9 Å². The first-order chi connectivity index (χ1) is 10.8. The third-order valence-electron chi connectivity index (χ3n) is 3.24. The van der Waals surface area contributed by atoms with E-state index in [1.54, 1.807) is 29.2 Å². The Bertz CT molecular complexity index is 850. The molecule has 2 aromatic heterocycles. The molecule has 0 aliphatic rings. The van der Waals surface area contributed by atoms with Gasteiger partial charge in [-0.3, -0.25) is 14.5 Å².